The lowest BCUT2D eigenvalue weighted by molar-refractivity contribution is 1.22. The summed E-state index contributed by atoms with van der Waals surface area (Å²) < 4.78 is 0. The van der Waals surface area contributed by atoms with Crippen molar-refractivity contribution in [3.8, 4) is 0 Å². The predicted molar refractivity (Wildman–Crippen MR) is 50.8 cm³/mol. The molecule has 0 atom stereocenters. The third kappa shape index (κ3) is 1.73. The van der Waals surface area contributed by atoms with Crippen LogP contribution in [0.4, 0.5) is 0 Å². The zero-order chi connectivity index (χ0) is 8.81. The highest BCUT2D eigenvalue weighted by Crippen LogP contribution is 1.72. The highest BCUT2D eigenvalue weighted by Gasteiger charge is 1.82. The maximum absolute atomic E-state index is 4.09. The quantitative estimate of drug-likeness (QED) is 0.512. The third-order valence-corrected chi connectivity index (χ3v) is 1.38. The standard InChI is InChI=1S/C9H5N.C2H6/c1-2-6-9-8(4-1)5-3-7-10-9;1-2/h1,3-5,7H;1-2H3. The Morgan fingerprint density at radius 1 is 1.33 bits per heavy atom. The number of allylic oxidation sites excluding steroid dienone is 1. The molecule has 1 heteroatoms. The fourth-order valence-corrected chi connectivity index (χ4v) is 0.898. The van der Waals surface area contributed by atoms with Crippen molar-refractivity contribution in [1.29, 1.82) is 0 Å². The van der Waals surface area contributed by atoms with Crippen LogP contribution in [-0.4, -0.2) is 4.98 Å². The molecule has 0 saturated heterocycles. The summed E-state index contributed by atoms with van der Waals surface area (Å²) in [4.78, 5) is 4.09. The number of hydrogen-bond donors (Lipinski definition) is 0. The Labute approximate surface area is 72.1 Å². The molecule has 1 aliphatic rings. The Hall–Kier alpha value is -1.55. The van der Waals surface area contributed by atoms with Gasteiger partial charge in [-0.1, -0.05) is 25.6 Å². The summed E-state index contributed by atoms with van der Waals surface area (Å²) in [6, 6.07) is 3.92. The molecule has 0 fully saturated rings. The van der Waals surface area contributed by atoms with Gasteiger partial charge in [-0.2, -0.15) is 0 Å². The maximum atomic E-state index is 4.09. The van der Waals surface area contributed by atoms with E-state index >= 15 is 0 Å². The zero-order valence-electron chi connectivity index (χ0n) is 7.33. The van der Waals surface area contributed by atoms with Crippen LogP contribution in [0.25, 0.3) is 11.8 Å². The van der Waals surface area contributed by atoms with Gasteiger partial charge in [-0.25, -0.2) is 4.98 Å². The highest BCUT2D eigenvalue weighted by molar-refractivity contribution is 5.42. The minimum atomic E-state index is 0.880. The lowest BCUT2D eigenvalue weighted by Crippen LogP contribution is -2.26. The van der Waals surface area contributed by atoms with E-state index in [1.54, 1.807) is 6.20 Å². The Morgan fingerprint density at radius 3 is 2.92 bits per heavy atom. The molecule has 0 spiro atoms. The van der Waals surface area contributed by atoms with E-state index in [1.807, 2.05) is 38.1 Å². The number of fused-ring (bicyclic) bond motifs is 1. The molecule has 1 aromatic rings. The van der Waals surface area contributed by atoms with Gasteiger partial charge in [-0.15, -0.1) is 0 Å². The number of rotatable bonds is 0. The second-order valence-electron chi connectivity index (χ2n) is 2.04. The summed E-state index contributed by atoms with van der Waals surface area (Å²) in [7, 11) is 0. The molecule has 0 bridgehead atoms. The van der Waals surface area contributed by atoms with E-state index in [0.29, 0.717) is 0 Å². The molecular weight excluding hydrogens is 146 g/mol. The molecule has 0 radical (unpaired) electrons. The van der Waals surface area contributed by atoms with Crippen LogP contribution in [0.2, 0.25) is 0 Å². The molecule has 0 unspecified atom stereocenters. The average Bonchev–Trinajstić information content (AvgIpc) is 2.21. The first-order chi connectivity index (χ1) is 5.97. The highest BCUT2D eigenvalue weighted by atomic mass is 14.6. The molecule has 0 N–H and O–H groups in total. The van der Waals surface area contributed by atoms with Crippen molar-refractivity contribution in [1.82, 2.24) is 4.98 Å². The SMILES string of the molecule is C1=C=c2ncccc2=CC=1.CC. The third-order valence-electron chi connectivity index (χ3n) is 1.38. The van der Waals surface area contributed by atoms with Gasteiger partial charge in [0.25, 0.3) is 0 Å². The summed E-state index contributed by atoms with van der Waals surface area (Å²) >= 11 is 0. The summed E-state index contributed by atoms with van der Waals surface area (Å²) in [6.07, 6.45) is 5.56. The predicted octanol–water partition coefficient (Wildman–Crippen LogP) is 0.993. The molecule has 0 saturated carbocycles. The van der Waals surface area contributed by atoms with Gasteiger partial charge in [0.2, 0.25) is 0 Å². The molecule has 1 heterocycles. The van der Waals surface area contributed by atoms with Crippen LogP contribution in [0.3, 0.4) is 0 Å². The minimum Gasteiger partial charge on any atom is -0.247 e. The van der Waals surface area contributed by atoms with Crippen molar-refractivity contribution in [2.45, 2.75) is 13.8 Å². The average molecular weight is 157 g/mol. The van der Waals surface area contributed by atoms with Crippen LogP contribution in [0, 0.1) is 0 Å². The molecule has 0 aliphatic heterocycles. The van der Waals surface area contributed by atoms with Gasteiger partial charge in [0, 0.05) is 11.4 Å². The number of hydrogen-bond acceptors (Lipinski definition) is 1. The van der Waals surface area contributed by atoms with Crippen molar-refractivity contribution >= 4 is 11.8 Å². The molecular formula is C11H11N. The van der Waals surface area contributed by atoms with Gasteiger partial charge >= 0.3 is 0 Å². The topological polar surface area (TPSA) is 12.9 Å². The van der Waals surface area contributed by atoms with E-state index in [0.717, 1.165) is 10.6 Å². The number of aromatic nitrogens is 1. The first kappa shape index (κ1) is 8.55. The van der Waals surface area contributed by atoms with Crippen LogP contribution in [-0.2, 0) is 0 Å². The monoisotopic (exact) mass is 157 g/mol. The maximum Gasteiger partial charge on any atom is 0.120 e. The first-order valence-corrected chi connectivity index (χ1v) is 4.10. The van der Waals surface area contributed by atoms with E-state index in [1.165, 1.54) is 0 Å². The Morgan fingerprint density at radius 2 is 2.17 bits per heavy atom. The number of pyridine rings is 1. The van der Waals surface area contributed by atoms with Crippen molar-refractivity contribution in [2.24, 2.45) is 0 Å². The van der Waals surface area contributed by atoms with Crippen LogP contribution in [0.5, 0.6) is 0 Å². The van der Waals surface area contributed by atoms with Crippen LogP contribution < -0.4 is 10.6 Å². The van der Waals surface area contributed by atoms with Crippen LogP contribution in [0.1, 0.15) is 13.8 Å². The van der Waals surface area contributed by atoms with Gasteiger partial charge in [-0.05, 0) is 23.9 Å². The van der Waals surface area contributed by atoms with Gasteiger partial charge in [0.1, 0.15) is 5.35 Å². The van der Waals surface area contributed by atoms with E-state index < -0.39 is 0 Å². The summed E-state index contributed by atoms with van der Waals surface area (Å²) in [5, 5.41) is 1.99. The van der Waals surface area contributed by atoms with Gasteiger partial charge in [-0.3, -0.25) is 0 Å². The van der Waals surface area contributed by atoms with Crippen molar-refractivity contribution in [3.05, 3.63) is 40.7 Å². The van der Waals surface area contributed by atoms with Crippen LogP contribution in [0.15, 0.2) is 30.1 Å². The van der Waals surface area contributed by atoms with E-state index in [-0.39, 0.29) is 0 Å². The number of nitrogens with zero attached hydrogens (tertiary/aromatic N) is 1. The normalized spacial score (nSPS) is 10.2. The lowest BCUT2D eigenvalue weighted by Gasteiger charge is -1.84. The molecule has 1 nitrogen and oxygen atoms in total. The fourth-order valence-electron chi connectivity index (χ4n) is 0.898. The second-order valence-corrected chi connectivity index (χ2v) is 2.04. The molecule has 0 amide bonds. The second kappa shape index (κ2) is 4.35. The van der Waals surface area contributed by atoms with Gasteiger partial charge in [0.15, 0.2) is 0 Å². The van der Waals surface area contributed by atoms with Crippen molar-refractivity contribution in [3.63, 3.8) is 0 Å². The first-order valence-electron chi connectivity index (χ1n) is 4.10. The van der Waals surface area contributed by atoms with E-state index in [9.17, 15) is 0 Å². The Kier molecular flexibility index (Phi) is 3.10. The smallest absolute Gasteiger partial charge is 0.120 e. The van der Waals surface area contributed by atoms with Crippen LogP contribution >= 0.6 is 0 Å². The molecule has 1 aromatic heterocycles. The fraction of sp³-hybridized carbons (Fsp3) is 0.182. The molecule has 0 aromatic carbocycles. The van der Waals surface area contributed by atoms with E-state index in [4.69, 9.17) is 0 Å². The molecule has 60 valence electrons. The summed E-state index contributed by atoms with van der Waals surface area (Å²) in [5.74, 6) is 0. The summed E-state index contributed by atoms with van der Waals surface area (Å²) in [6.45, 7) is 4.00. The van der Waals surface area contributed by atoms with Crippen molar-refractivity contribution in [2.75, 3.05) is 0 Å². The summed E-state index contributed by atoms with van der Waals surface area (Å²) in [5.41, 5.74) is 5.76. The minimum absolute atomic E-state index is 0.880. The molecule has 2 rings (SSSR count). The zero-order valence-corrected chi connectivity index (χ0v) is 7.33. The largest absolute Gasteiger partial charge is 0.247 e. The molecule has 1 aliphatic carbocycles. The van der Waals surface area contributed by atoms with Gasteiger partial charge in [0.05, 0.1) is 0 Å². The Balaban J connectivity index is 0.000000336. The Bertz CT molecular complexity index is 430. The molecule has 12 heavy (non-hydrogen) atoms. The van der Waals surface area contributed by atoms with E-state index in [2.05, 4.69) is 16.4 Å². The lowest BCUT2D eigenvalue weighted by atomic mass is 10.3. The van der Waals surface area contributed by atoms with Gasteiger partial charge < -0.3 is 0 Å². The van der Waals surface area contributed by atoms with Crippen molar-refractivity contribution < 1.29 is 0 Å².